The number of ether oxygens (including phenoxy) is 1. The lowest BCUT2D eigenvalue weighted by atomic mass is 10.2. The molecule has 0 bridgehead atoms. The Hall–Kier alpha value is -2.21. The first-order valence-electron chi connectivity index (χ1n) is 5.66. The molecule has 2 rings (SSSR count). The van der Waals surface area contributed by atoms with Crippen molar-refractivity contribution in [3.63, 3.8) is 0 Å². The van der Waals surface area contributed by atoms with Gasteiger partial charge in [0.25, 0.3) is 5.69 Å². The summed E-state index contributed by atoms with van der Waals surface area (Å²) in [6.45, 7) is -0.115. The van der Waals surface area contributed by atoms with Crippen LogP contribution in [0.15, 0.2) is 36.5 Å². The van der Waals surface area contributed by atoms with Gasteiger partial charge in [-0.25, -0.2) is 4.39 Å². The van der Waals surface area contributed by atoms with Gasteiger partial charge in [0.05, 0.1) is 28.3 Å². The molecule has 0 amide bonds. The summed E-state index contributed by atoms with van der Waals surface area (Å²) in [5.74, 6) is 0.164. The summed E-state index contributed by atoms with van der Waals surface area (Å²) in [7, 11) is 0. The van der Waals surface area contributed by atoms with Crippen LogP contribution in [-0.4, -0.2) is 9.91 Å². The van der Waals surface area contributed by atoms with Gasteiger partial charge in [-0.05, 0) is 24.3 Å². The van der Waals surface area contributed by atoms with Gasteiger partial charge in [0, 0.05) is 6.07 Å². The van der Waals surface area contributed by atoms with Gasteiger partial charge in [0.15, 0.2) is 0 Å². The summed E-state index contributed by atoms with van der Waals surface area (Å²) >= 11 is 5.61. The Kier molecular flexibility index (Phi) is 4.47. The zero-order valence-corrected chi connectivity index (χ0v) is 11.0. The van der Waals surface area contributed by atoms with Crippen LogP contribution < -0.4 is 4.74 Å². The van der Waals surface area contributed by atoms with E-state index in [1.54, 1.807) is 12.1 Å². The topological polar surface area (TPSA) is 65.3 Å². The molecule has 0 unspecified atom stereocenters. The van der Waals surface area contributed by atoms with Crippen LogP contribution in [0.3, 0.4) is 0 Å². The molecule has 0 saturated heterocycles. The standard InChI is InChI=1S/C13H10ClFN2O3/c14-6-11-2-3-12(7-16-11)20-8-9-5-10(15)1-4-13(9)17(18)19/h1-5,7H,6,8H2. The third-order valence-electron chi connectivity index (χ3n) is 2.57. The van der Waals surface area contributed by atoms with Gasteiger partial charge in [-0.1, -0.05) is 0 Å². The van der Waals surface area contributed by atoms with E-state index in [-0.39, 0.29) is 23.7 Å². The van der Waals surface area contributed by atoms with Gasteiger partial charge in [0.2, 0.25) is 0 Å². The summed E-state index contributed by atoms with van der Waals surface area (Å²) in [6, 6.07) is 6.57. The molecule has 2 aromatic rings. The molecule has 1 aromatic carbocycles. The molecule has 1 heterocycles. The quantitative estimate of drug-likeness (QED) is 0.481. The lowest BCUT2D eigenvalue weighted by Gasteiger charge is -2.07. The van der Waals surface area contributed by atoms with E-state index in [0.29, 0.717) is 11.4 Å². The van der Waals surface area contributed by atoms with Crippen LogP contribution in [0.4, 0.5) is 10.1 Å². The van der Waals surface area contributed by atoms with Crippen molar-refractivity contribution in [3.8, 4) is 5.75 Å². The number of hydrogen-bond donors (Lipinski definition) is 0. The Bertz CT molecular complexity index is 620. The molecule has 0 spiro atoms. The first kappa shape index (κ1) is 14.2. The highest BCUT2D eigenvalue weighted by molar-refractivity contribution is 6.16. The summed E-state index contributed by atoms with van der Waals surface area (Å²) < 4.78 is 18.5. The molecule has 0 radical (unpaired) electrons. The largest absolute Gasteiger partial charge is 0.487 e. The molecule has 0 fully saturated rings. The minimum atomic E-state index is -0.576. The summed E-state index contributed by atoms with van der Waals surface area (Å²) in [5.41, 5.74) is 0.670. The van der Waals surface area contributed by atoms with Crippen molar-refractivity contribution < 1.29 is 14.1 Å². The molecule has 0 aliphatic heterocycles. The molecular weight excluding hydrogens is 287 g/mol. The van der Waals surface area contributed by atoms with E-state index in [0.717, 1.165) is 18.2 Å². The Balaban J connectivity index is 2.13. The van der Waals surface area contributed by atoms with Crippen molar-refractivity contribution >= 4 is 17.3 Å². The average molecular weight is 297 g/mol. The number of nitrogens with zero attached hydrogens (tertiary/aromatic N) is 2. The molecule has 5 nitrogen and oxygen atoms in total. The first-order chi connectivity index (χ1) is 9.60. The van der Waals surface area contributed by atoms with Gasteiger partial charge < -0.3 is 4.74 Å². The van der Waals surface area contributed by atoms with Gasteiger partial charge >= 0.3 is 0 Å². The molecule has 7 heteroatoms. The number of halogens is 2. The van der Waals surface area contributed by atoms with E-state index >= 15 is 0 Å². The highest BCUT2D eigenvalue weighted by atomic mass is 35.5. The number of aromatic nitrogens is 1. The van der Waals surface area contributed by atoms with E-state index in [1.165, 1.54) is 6.20 Å². The molecule has 1 aromatic heterocycles. The summed E-state index contributed by atoms with van der Waals surface area (Å²) in [4.78, 5) is 14.3. The predicted molar refractivity (Wildman–Crippen MR) is 71.2 cm³/mol. The maximum Gasteiger partial charge on any atom is 0.276 e. The molecule has 0 N–H and O–H groups in total. The van der Waals surface area contributed by atoms with Crippen LogP contribution in [0.2, 0.25) is 0 Å². The average Bonchev–Trinajstić information content (AvgIpc) is 2.45. The summed E-state index contributed by atoms with van der Waals surface area (Å²) in [6.07, 6.45) is 1.46. The Morgan fingerprint density at radius 1 is 1.35 bits per heavy atom. The monoisotopic (exact) mass is 296 g/mol. The van der Waals surface area contributed by atoms with Gasteiger partial charge in [0.1, 0.15) is 18.2 Å². The molecule has 0 aliphatic rings. The minimum absolute atomic E-state index is 0.115. The predicted octanol–water partition coefficient (Wildman–Crippen LogP) is 3.45. The minimum Gasteiger partial charge on any atom is -0.487 e. The van der Waals surface area contributed by atoms with Gasteiger partial charge in [-0.2, -0.15) is 0 Å². The van der Waals surface area contributed by atoms with E-state index in [2.05, 4.69) is 4.98 Å². The number of rotatable bonds is 5. The van der Waals surface area contributed by atoms with E-state index in [4.69, 9.17) is 16.3 Å². The second kappa shape index (κ2) is 6.29. The highest BCUT2D eigenvalue weighted by Gasteiger charge is 2.14. The number of hydrogen-bond acceptors (Lipinski definition) is 4. The number of nitro benzene ring substituents is 1. The molecule has 0 saturated carbocycles. The zero-order valence-electron chi connectivity index (χ0n) is 10.3. The van der Waals surface area contributed by atoms with Crippen LogP contribution in [0.25, 0.3) is 0 Å². The SMILES string of the molecule is O=[N+]([O-])c1ccc(F)cc1COc1ccc(CCl)nc1. The van der Waals surface area contributed by atoms with Crippen molar-refractivity contribution in [2.75, 3.05) is 0 Å². The smallest absolute Gasteiger partial charge is 0.276 e. The van der Waals surface area contributed by atoms with Crippen LogP contribution in [-0.2, 0) is 12.5 Å². The lowest BCUT2D eigenvalue weighted by Crippen LogP contribution is -2.01. The molecular formula is C13H10ClFN2O3. The van der Waals surface area contributed by atoms with Crippen molar-refractivity contribution in [2.24, 2.45) is 0 Å². The second-order valence-corrected chi connectivity index (χ2v) is 4.20. The molecule has 0 atom stereocenters. The number of benzene rings is 1. The lowest BCUT2D eigenvalue weighted by molar-refractivity contribution is -0.385. The molecule has 0 aliphatic carbocycles. The maximum atomic E-state index is 13.1. The van der Waals surface area contributed by atoms with Gasteiger partial charge in [-0.3, -0.25) is 15.1 Å². The fraction of sp³-hybridized carbons (Fsp3) is 0.154. The maximum absolute atomic E-state index is 13.1. The Labute approximate surface area is 119 Å². The normalized spacial score (nSPS) is 10.3. The number of nitro groups is 1. The van der Waals surface area contributed by atoms with Crippen LogP contribution >= 0.6 is 11.6 Å². The first-order valence-corrected chi connectivity index (χ1v) is 6.20. The highest BCUT2D eigenvalue weighted by Crippen LogP contribution is 2.21. The van der Waals surface area contributed by atoms with Crippen molar-refractivity contribution in [1.82, 2.24) is 4.98 Å². The third-order valence-corrected chi connectivity index (χ3v) is 2.84. The van der Waals surface area contributed by atoms with E-state index < -0.39 is 10.7 Å². The van der Waals surface area contributed by atoms with Crippen LogP contribution in [0.1, 0.15) is 11.3 Å². The van der Waals surface area contributed by atoms with E-state index in [9.17, 15) is 14.5 Å². The second-order valence-electron chi connectivity index (χ2n) is 3.94. The summed E-state index contributed by atoms with van der Waals surface area (Å²) in [5, 5.41) is 10.8. The van der Waals surface area contributed by atoms with Crippen molar-refractivity contribution in [2.45, 2.75) is 12.5 Å². The van der Waals surface area contributed by atoms with Crippen molar-refractivity contribution in [1.29, 1.82) is 0 Å². The molecule has 20 heavy (non-hydrogen) atoms. The number of alkyl halides is 1. The fourth-order valence-electron chi connectivity index (χ4n) is 1.58. The van der Waals surface area contributed by atoms with Gasteiger partial charge in [-0.15, -0.1) is 11.6 Å². The Morgan fingerprint density at radius 2 is 2.15 bits per heavy atom. The van der Waals surface area contributed by atoms with E-state index in [1.807, 2.05) is 0 Å². The Morgan fingerprint density at radius 3 is 2.75 bits per heavy atom. The zero-order chi connectivity index (χ0) is 14.5. The third kappa shape index (κ3) is 3.42. The van der Waals surface area contributed by atoms with Crippen molar-refractivity contribution in [3.05, 3.63) is 63.7 Å². The van der Waals surface area contributed by atoms with Crippen LogP contribution in [0, 0.1) is 15.9 Å². The van der Waals surface area contributed by atoms with Crippen LogP contribution in [0.5, 0.6) is 5.75 Å². The molecule has 104 valence electrons. The number of pyridine rings is 1. The fourth-order valence-corrected chi connectivity index (χ4v) is 1.74.